The van der Waals surface area contributed by atoms with E-state index in [1.54, 1.807) is 21.0 Å². The number of Topliss-reactive ketones (excluding diaryl/α,β-unsaturated/α-hetero) is 2. The quantitative estimate of drug-likeness (QED) is 0.578. The van der Waals surface area contributed by atoms with E-state index in [4.69, 9.17) is 16.3 Å². The van der Waals surface area contributed by atoms with Crippen LogP contribution in [-0.2, 0) is 22.4 Å². The van der Waals surface area contributed by atoms with E-state index in [-0.39, 0.29) is 11.6 Å². The third-order valence-electron chi connectivity index (χ3n) is 4.59. The van der Waals surface area contributed by atoms with Crippen molar-refractivity contribution in [2.75, 3.05) is 7.11 Å². The lowest BCUT2D eigenvalue weighted by Gasteiger charge is -2.14. The second-order valence-electron chi connectivity index (χ2n) is 6.35. The Morgan fingerprint density at radius 2 is 1.54 bits per heavy atom. The first kappa shape index (κ1) is 20.2. The number of benzene rings is 2. The van der Waals surface area contributed by atoms with Crippen molar-refractivity contribution in [3.05, 3.63) is 64.2 Å². The molecule has 26 heavy (non-hydrogen) atoms. The van der Waals surface area contributed by atoms with E-state index in [1.165, 1.54) is 0 Å². The molecule has 0 saturated carbocycles. The second-order valence-corrected chi connectivity index (χ2v) is 6.75. The van der Waals surface area contributed by atoms with Gasteiger partial charge in [0.25, 0.3) is 0 Å². The van der Waals surface area contributed by atoms with Gasteiger partial charge < -0.3 is 4.74 Å². The van der Waals surface area contributed by atoms with Crippen molar-refractivity contribution >= 4 is 23.2 Å². The molecule has 0 fully saturated rings. The summed E-state index contributed by atoms with van der Waals surface area (Å²) in [7, 11) is 1.61. The zero-order valence-corrected chi connectivity index (χ0v) is 16.3. The monoisotopic (exact) mass is 372 g/mol. The Morgan fingerprint density at radius 3 is 2.04 bits per heavy atom. The highest BCUT2D eigenvalue weighted by atomic mass is 35.5. The van der Waals surface area contributed by atoms with Gasteiger partial charge in [0.15, 0.2) is 0 Å². The van der Waals surface area contributed by atoms with E-state index in [2.05, 4.69) is 0 Å². The average Bonchev–Trinajstić information content (AvgIpc) is 2.67. The van der Waals surface area contributed by atoms with Crippen LogP contribution in [0.1, 0.15) is 43.4 Å². The lowest BCUT2D eigenvalue weighted by atomic mass is 9.88. The minimum Gasteiger partial charge on any atom is -0.497 e. The summed E-state index contributed by atoms with van der Waals surface area (Å²) in [5.41, 5.74) is 3.16. The number of carbonyl (C=O) groups is 2. The number of ether oxygens (including phenoxy) is 1. The summed E-state index contributed by atoms with van der Waals surface area (Å²) >= 11 is 6.30. The van der Waals surface area contributed by atoms with E-state index in [1.807, 2.05) is 42.5 Å². The Labute approximate surface area is 160 Å². The van der Waals surface area contributed by atoms with Gasteiger partial charge in [-0.15, -0.1) is 0 Å². The van der Waals surface area contributed by atoms with Gasteiger partial charge in [0.1, 0.15) is 17.3 Å². The van der Waals surface area contributed by atoms with Crippen LogP contribution in [0, 0.1) is 5.92 Å². The molecule has 0 radical (unpaired) electrons. The van der Waals surface area contributed by atoms with Crippen LogP contribution in [0.3, 0.4) is 0 Å². The van der Waals surface area contributed by atoms with E-state index < -0.39 is 5.92 Å². The maximum absolute atomic E-state index is 12.1. The Balaban J connectivity index is 2.10. The van der Waals surface area contributed by atoms with Gasteiger partial charge in [-0.1, -0.05) is 55.8 Å². The van der Waals surface area contributed by atoms with Gasteiger partial charge in [-0.25, -0.2) is 0 Å². The van der Waals surface area contributed by atoms with E-state index in [0.29, 0.717) is 30.7 Å². The average molecular weight is 373 g/mol. The zero-order chi connectivity index (χ0) is 19.1. The van der Waals surface area contributed by atoms with E-state index in [9.17, 15) is 9.59 Å². The number of ketones is 2. The lowest BCUT2D eigenvalue weighted by Crippen LogP contribution is -2.25. The molecule has 0 N–H and O–H groups in total. The fraction of sp³-hybridized carbons (Fsp3) is 0.364. The molecule has 3 nitrogen and oxygen atoms in total. The van der Waals surface area contributed by atoms with Gasteiger partial charge in [0, 0.05) is 17.9 Å². The molecule has 138 valence electrons. The first-order chi connectivity index (χ1) is 12.5. The molecule has 4 heteroatoms. The Hall–Kier alpha value is -2.13. The molecule has 2 rings (SSSR count). The number of hydrogen-bond donors (Lipinski definition) is 0. The molecule has 0 amide bonds. The summed E-state index contributed by atoms with van der Waals surface area (Å²) in [4.78, 5) is 24.1. The summed E-state index contributed by atoms with van der Waals surface area (Å²) in [5, 5.41) is 0.676. The van der Waals surface area contributed by atoms with Gasteiger partial charge in [0.2, 0.25) is 0 Å². The fourth-order valence-electron chi connectivity index (χ4n) is 2.95. The topological polar surface area (TPSA) is 43.4 Å². The number of methoxy groups -OCH3 is 1. The summed E-state index contributed by atoms with van der Waals surface area (Å²) < 4.78 is 5.17. The zero-order valence-electron chi connectivity index (χ0n) is 15.5. The van der Waals surface area contributed by atoms with Crippen LogP contribution in [0.25, 0.3) is 0 Å². The molecule has 0 aromatic heterocycles. The normalized spacial score (nSPS) is 10.8. The number of hydrogen-bond acceptors (Lipinski definition) is 3. The SMILES string of the molecule is CCC(=O)C(Cc1ccc(Cc2ccc(OC)cc2Cl)cc1)C(=O)CC. The largest absolute Gasteiger partial charge is 0.497 e. The number of halogens is 1. The van der Waals surface area contributed by atoms with Gasteiger partial charge in [-0.3, -0.25) is 9.59 Å². The predicted molar refractivity (Wildman–Crippen MR) is 105 cm³/mol. The van der Waals surface area contributed by atoms with E-state index in [0.717, 1.165) is 22.4 Å². The molecular formula is C22H25ClO3. The molecule has 0 spiro atoms. The third kappa shape index (κ3) is 5.18. The molecular weight excluding hydrogens is 348 g/mol. The van der Waals surface area contributed by atoms with Gasteiger partial charge in [0.05, 0.1) is 13.0 Å². The van der Waals surface area contributed by atoms with Gasteiger partial charge in [-0.05, 0) is 41.7 Å². The van der Waals surface area contributed by atoms with Crippen LogP contribution in [0.15, 0.2) is 42.5 Å². The second kappa shape index (κ2) is 9.54. The highest BCUT2D eigenvalue weighted by Gasteiger charge is 2.23. The standard InChI is InChI=1S/C22H25ClO3/c1-4-21(24)19(22(25)5-2)13-16-8-6-15(7-9-16)12-17-10-11-18(26-3)14-20(17)23/h6-11,14,19H,4-5,12-13H2,1-3H3. The van der Waals surface area contributed by atoms with Gasteiger partial charge in [-0.2, -0.15) is 0 Å². The molecule has 0 atom stereocenters. The minimum atomic E-state index is -0.521. The molecule has 0 aliphatic carbocycles. The smallest absolute Gasteiger partial charge is 0.143 e. The van der Waals surface area contributed by atoms with Crippen molar-refractivity contribution < 1.29 is 14.3 Å². The molecule has 0 heterocycles. The van der Waals surface area contributed by atoms with E-state index >= 15 is 0 Å². The van der Waals surface area contributed by atoms with Crippen molar-refractivity contribution in [2.24, 2.45) is 5.92 Å². The van der Waals surface area contributed by atoms with Gasteiger partial charge >= 0.3 is 0 Å². The Bertz CT molecular complexity index is 749. The van der Waals surface area contributed by atoms with Crippen molar-refractivity contribution in [2.45, 2.75) is 39.5 Å². The fourth-order valence-corrected chi connectivity index (χ4v) is 3.18. The summed E-state index contributed by atoms with van der Waals surface area (Å²) in [6, 6.07) is 13.7. The summed E-state index contributed by atoms with van der Waals surface area (Å²) in [5.74, 6) is 0.255. The Kier molecular flexibility index (Phi) is 7.40. The molecule has 0 bridgehead atoms. The van der Waals surface area contributed by atoms with Crippen LogP contribution in [0.5, 0.6) is 5.75 Å². The highest BCUT2D eigenvalue weighted by Crippen LogP contribution is 2.25. The highest BCUT2D eigenvalue weighted by molar-refractivity contribution is 6.31. The first-order valence-corrected chi connectivity index (χ1v) is 9.31. The first-order valence-electron chi connectivity index (χ1n) is 8.94. The van der Waals surface area contributed by atoms with Crippen LogP contribution in [0.4, 0.5) is 0 Å². The van der Waals surface area contributed by atoms with Crippen LogP contribution in [-0.4, -0.2) is 18.7 Å². The lowest BCUT2D eigenvalue weighted by molar-refractivity contribution is -0.132. The van der Waals surface area contributed by atoms with Crippen molar-refractivity contribution in [3.63, 3.8) is 0 Å². The predicted octanol–water partition coefficient (Wildman–Crippen LogP) is 5.06. The summed E-state index contributed by atoms with van der Waals surface area (Å²) in [6.07, 6.45) is 1.98. The number of carbonyl (C=O) groups excluding carboxylic acids is 2. The van der Waals surface area contributed by atoms with Crippen LogP contribution >= 0.6 is 11.6 Å². The van der Waals surface area contributed by atoms with Crippen LogP contribution in [0.2, 0.25) is 5.02 Å². The summed E-state index contributed by atoms with van der Waals surface area (Å²) in [6.45, 7) is 3.61. The molecule has 2 aromatic carbocycles. The molecule has 0 aliphatic rings. The molecule has 0 unspecified atom stereocenters. The maximum atomic E-state index is 12.1. The molecule has 0 saturated heterocycles. The maximum Gasteiger partial charge on any atom is 0.143 e. The Morgan fingerprint density at radius 1 is 0.962 bits per heavy atom. The minimum absolute atomic E-state index is 0.0194. The molecule has 0 aliphatic heterocycles. The third-order valence-corrected chi connectivity index (χ3v) is 4.94. The van der Waals surface area contributed by atoms with Crippen LogP contribution < -0.4 is 4.74 Å². The van der Waals surface area contributed by atoms with Crippen molar-refractivity contribution in [1.29, 1.82) is 0 Å². The number of rotatable bonds is 9. The van der Waals surface area contributed by atoms with Crippen molar-refractivity contribution in [3.8, 4) is 5.75 Å². The van der Waals surface area contributed by atoms with Crippen molar-refractivity contribution in [1.82, 2.24) is 0 Å². The molecule has 2 aromatic rings.